The number of hydrogen-bond donors (Lipinski definition) is 1. The van der Waals surface area contributed by atoms with Crippen LogP contribution >= 0.6 is 0 Å². The van der Waals surface area contributed by atoms with E-state index in [1.807, 2.05) is 0 Å². The number of anilines is 1. The Bertz CT molecular complexity index is 588. The summed E-state index contributed by atoms with van der Waals surface area (Å²) < 4.78 is 9.75. The van der Waals surface area contributed by atoms with E-state index in [2.05, 4.69) is 5.32 Å². The number of benzene rings is 1. The van der Waals surface area contributed by atoms with E-state index in [1.165, 1.54) is 18.9 Å². The van der Waals surface area contributed by atoms with Gasteiger partial charge >= 0.3 is 5.97 Å². The summed E-state index contributed by atoms with van der Waals surface area (Å²) in [6.45, 7) is 4.02. The second-order valence-electron chi connectivity index (χ2n) is 5.43. The van der Waals surface area contributed by atoms with E-state index in [4.69, 9.17) is 9.47 Å². The minimum absolute atomic E-state index is 0.213. The second-order valence-corrected chi connectivity index (χ2v) is 5.43. The maximum Gasteiger partial charge on any atom is 0.310 e. The van der Waals surface area contributed by atoms with Crippen molar-refractivity contribution in [3.8, 4) is 0 Å². The van der Waals surface area contributed by atoms with Gasteiger partial charge in [-0.05, 0) is 18.2 Å². The van der Waals surface area contributed by atoms with E-state index in [0.717, 1.165) is 0 Å². The molecule has 0 aliphatic heterocycles. The number of ether oxygens (including phenoxy) is 2. The highest BCUT2D eigenvalue weighted by Gasteiger charge is 2.22. The van der Waals surface area contributed by atoms with E-state index in [1.54, 1.807) is 38.3 Å². The fourth-order valence-corrected chi connectivity index (χ4v) is 2.20. The predicted octanol–water partition coefficient (Wildman–Crippen LogP) is 1.54. The number of nitrogens with one attached hydrogen (secondary N) is 1. The monoisotopic (exact) mass is 336 g/mol. The van der Waals surface area contributed by atoms with Crippen LogP contribution < -0.4 is 5.32 Å². The van der Waals surface area contributed by atoms with Crippen molar-refractivity contribution in [2.24, 2.45) is 5.92 Å². The molecule has 0 aliphatic carbocycles. The Morgan fingerprint density at radius 1 is 1.25 bits per heavy atom. The first-order valence-electron chi connectivity index (χ1n) is 7.62. The van der Waals surface area contributed by atoms with Crippen molar-refractivity contribution < 1.29 is 23.9 Å². The molecule has 7 heteroatoms. The first-order chi connectivity index (χ1) is 11.4. The van der Waals surface area contributed by atoms with Crippen LogP contribution in [0.1, 0.15) is 24.2 Å². The van der Waals surface area contributed by atoms with Crippen LogP contribution in [0.25, 0.3) is 0 Å². The summed E-state index contributed by atoms with van der Waals surface area (Å²) in [6.07, 6.45) is 0. The number of nitrogens with zero attached hydrogens (tertiary/aromatic N) is 1. The van der Waals surface area contributed by atoms with Gasteiger partial charge in [0.1, 0.15) is 0 Å². The van der Waals surface area contributed by atoms with E-state index in [0.29, 0.717) is 24.4 Å². The number of amides is 2. The lowest BCUT2D eigenvalue weighted by Crippen LogP contribution is -2.39. The molecule has 24 heavy (non-hydrogen) atoms. The van der Waals surface area contributed by atoms with Crippen molar-refractivity contribution in [3.63, 3.8) is 0 Å². The van der Waals surface area contributed by atoms with Gasteiger partial charge in [-0.1, -0.05) is 13.0 Å². The molecule has 1 aromatic carbocycles. The third-order valence-corrected chi connectivity index (χ3v) is 3.38. The Morgan fingerprint density at radius 2 is 1.96 bits per heavy atom. The highest BCUT2D eigenvalue weighted by molar-refractivity contribution is 5.97. The number of hydrogen-bond acceptors (Lipinski definition) is 5. The molecule has 0 aliphatic rings. The largest absolute Gasteiger partial charge is 0.469 e. The molecule has 0 aromatic heterocycles. The van der Waals surface area contributed by atoms with Crippen LogP contribution in [0.4, 0.5) is 5.69 Å². The molecule has 0 bridgehead atoms. The average Bonchev–Trinajstić information content (AvgIpc) is 2.56. The molecule has 1 unspecified atom stereocenters. The molecule has 0 fully saturated rings. The fraction of sp³-hybridized carbons (Fsp3) is 0.471. The fourth-order valence-electron chi connectivity index (χ4n) is 2.20. The molecule has 0 spiro atoms. The molecule has 1 rings (SSSR count). The van der Waals surface area contributed by atoms with E-state index in [-0.39, 0.29) is 24.3 Å². The SMILES string of the molecule is COCCN(CC(C)C(=O)OC)C(=O)c1cccc(NC(C)=O)c1. The van der Waals surface area contributed by atoms with Crippen LogP contribution in [-0.4, -0.2) is 56.6 Å². The lowest BCUT2D eigenvalue weighted by atomic mass is 10.1. The molecular weight excluding hydrogens is 312 g/mol. The molecule has 0 heterocycles. The molecule has 0 radical (unpaired) electrons. The van der Waals surface area contributed by atoms with Gasteiger partial charge in [0, 0.05) is 38.4 Å². The van der Waals surface area contributed by atoms with E-state index in [9.17, 15) is 14.4 Å². The van der Waals surface area contributed by atoms with Gasteiger partial charge in [0.15, 0.2) is 0 Å². The first kappa shape index (κ1) is 19.6. The highest BCUT2D eigenvalue weighted by Crippen LogP contribution is 2.14. The van der Waals surface area contributed by atoms with Gasteiger partial charge in [0.2, 0.25) is 5.91 Å². The maximum atomic E-state index is 12.7. The number of carbonyl (C=O) groups is 3. The van der Waals surface area contributed by atoms with Crippen LogP contribution in [0.2, 0.25) is 0 Å². The van der Waals surface area contributed by atoms with Gasteiger partial charge < -0.3 is 19.7 Å². The Labute approximate surface area is 141 Å². The zero-order valence-corrected chi connectivity index (χ0v) is 14.5. The molecule has 2 amide bonds. The Balaban J connectivity index is 2.94. The quantitative estimate of drug-likeness (QED) is 0.728. The summed E-state index contributed by atoms with van der Waals surface area (Å²) in [7, 11) is 2.86. The summed E-state index contributed by atoms with van der Waals surface area (Å²) in [5.74, 6) is -1.28. The van der Waals surface area contributed by atoms with Gasteiger partial charge in [0.05, 0.1) is 19.6 Å². The van der Waals surface area contributed by atoms with Crippen molar-refractivity contribution in [2.45, 2.75) is 13.8 Å². The van der Waals surface area contributed by atoms with E-state index >= 15 is 0 Å². The normalized spacial score (nSPS) is 11.5. The molecule has 1 N–H and O–H groups in total. The summed E-state index contributed by atoms with van der Waals surface area (Å²) in [5, 5.41) is 2.64. The number of carbonyl (C=O) groups excluding carboxylic acids is 3. The predicted molar refractivity (Wildman–Crippen MR) is 89.7 cm³/mol. The zero-order valence-electron chi connectivity index (χ0n) is 14.5. The topological polar surface area (TPSA) is 84.9 Å². The molecule has 0 saturated heterocycles. The van der Waals surface area contributed by atoms with Crippen LogP contribution in [0, 0.1) is 5.92 Å². The maximum absolute atomic E-state index is 12.7. The number of methoxy groups -OCH3 is 2. The van der Waals surface area contributed by atoms with Gasteiger partial charge in [-0.15, -0.1) is 0 Å². The van der Waals surface area contributed by atoms with Gasteiger partial charge in [-0.3, -0.25) is 14.4 Å². The van der Waals surface area contributed by atoms with Crippen LogP contribution in [0.3, 0.4) is 0 Å². The smallest absolute Gasteiger partial charge is 0.310 e. The summed E-state index contributed by atoms with van der Waals surface area (Å²) >= 11 is 0. The molecule has 132 valence electrons. The second kappa shape index (κ2) is 9.67. The zero-order chi connectivity index (χ0) is 18.1. The molecule has 1 aromatic rings. The standard InChI is InChI=1S/C17H24N2O5/c1-12(17(22)24-4)11-19(8-9-23-3)16(21)14-6-5-7-15(10-14)18-13(2)20/h5-7,10,12H,8-9,11H2,1-4H3,(H,18,20). The van der Waals surface area contributed by atoms with Gasteiger partial charge in [-0.2, -0.15) is 0 Å². The highest BCUT2D eigenvalue weighted by atomic mass is 16.5. The first-order valence-corrected chi connectivity index (χ1v) is 7.62. The average molecular weight is 336 g/mol. The van der Waals surface area contributed by atoms with Gasteiger partial charge in [0.25, 0.3) is 5.91 Å². The molecular formula is C17H24N2O5. The minimum atomic E-state index is -0.450. The lowest BCUT2D eigenvalue weighted by molar-refractivity contribution is -0.145. The third kappa shape index (κ3) is 6.00. The van der Waals surface area contributed by atoms with E-state index < -0.39 is 5.92 Å². The molecule has 0 saturated carbocycles. The molecule has 7 nitrogen and oxygen atoms in total. The van der Waals surface area contributed by atoms with Crippen molar-refractivity contribution in [3.05, 3.63) is 29.8 Å². The Kier molecular flexibility index (Phi) is 7.91. The Hall–Kier alpha value is -2.41. The van der Waals surface area contributed by atoms with Crippen LogP contribution in [-0.2, 0) is 19.1 Å². The van der Waals surface area contributed by atoms with Crippen molar-refractivity contribution >= 4 is 23.5 Å². The number of rotatable bonds is 8. The molecule has 1 atom stereocenters. The lowest BCUT2D eigenvalue weighted by Gasteiger charge is -2.25. The summed E-state index contributed by atoms with van der Waals surface area (Å²) in [6, 6.07) is 6.66. The minimum Gasteiger partial charge on any atom is -0.469 e. The van der Waals surface area contributed by atoms with Crippen molar-refractivity contribution in [2.75, 3.05) is 39.2 Å². The summed E-state index contributed by atoms with van der Waals surface area (Å²) in [5.41, 5.74) is 0.968. The number of esters is 1. The Morgan fingerprint density at radius 3 is 2.54 bits per heavy atom. The third-order valence-electron chi connectivity index (χ3n) is 3.38. The van der Waals surface area contributed by atoms with Crippen LogP contribution in [0.5, 0.6) is 0 Å². The van der Waals surface area contributed by atoms with Crippen molar-refractivity contribution in [1.82, 2.24) is 4.90 Å². The van der Waals surface area contributed by atoms with Gasteiger partial charge in [-0.25, -0.2) is 0 Å². The summed E-state index contributed by atoms with van der Waals surface area (Å²) in [4.78, 5) is 37.0. The van der Waals surface area contributed by atoms with Crippen molar-refractivity contribution in [1.29, 1.82) is 0 Å². The van der Waals surface area contributed by atoms with Crippen LogP contribution in [0.15, 0.2) is 24.3 Å².